The molecule has 2 rings (SSSR count). The lowest BCUT2D eigenvalue weighted by Gasteiger charge is -2.18. The molecule has 1 aliphatic carbocycles. The van der Waals surface area contributed by atoms with Gasteiger partial charge in [0.05, 0.1) is 5.92 Å². The summed E-state index contributed by atoms with van der Waals surface area (Å²) in [4.78, 5) is 34.5. The summed E-state index contributed by atoms with van der Waals surface area (Å²) >= 11 is 0. The summed E-state index contributed by atoms with van der Waals surface area (Å²) in [5.74, 6) is -1.39. The molecule has 19 heavy (non-hydrogen) atoms. The van der Waals surface area contributed by atoms with Crippen LogP contribution in [-0.2, 0) is 18.9 Å². The van der Waals surface area contributed by atoms with Gasteiger partial charge in [-0.2, -0.15) is 0 Å². The van der Waals surface area contributed by atoms with E-state index in [-0.39, 0.29) is 11.9 Å². The summed E-state index contributed by atoms with van der Waals surface area (Å²) in [5.41, 5.74) is -1.06. The van der Waals surface area contributed by atoms with Crippen LogP contribution in [0.3, 0.4) is 0 Å². The Labute approximate surface area is 108 Å². The van der Waals surface area contributed by atoms with E-state index in [1.54, 1.807) is 0 Å². The molecule has 0 spiro atoms. The van der Waals surface area contributed by atoms with E-state index >= 15 is 0 Å². The first-order valence-electron chi connectivity index (χ1n) is 6.05. The molecule has 1 aliphatic rings. The molecule has 2 unspecified atom stereocenters. The predicted molar refractivity (Wildman–Crippen MR) is 67.1 cm³/mol. The van der Waals surface area contributed by atoms with Crippen molar-refractivity contribution in [3.8, 4) is 0 Å². The number of anilines is 1. The molecule has 1 saturated carbocycles. The van der Waals surface area contributed by atoms with Crippen molar-refractivity contribution in [2.24, 2.45) is 20.0 Å². The molecule has 1 heterocycles. The number of hydrogen-bond donors (Lipinski definition) is 2. The Balaban J connectivity index is 2.32. The van der Waals surface area contributed by atoms with Gasteiger partial charge < -0.3 is 10.4 Å². The van der Waals surface area contributed by atoms with E-state index in [2.05, 4.69) is 10.4 Å². The largest absolute Gasteiger partial charge is 0.481 e. The Hall–Kier alpha value is -2.12. The lowest BCUT2D eigenvalue weighted by molar-refractivity contribution is -0.141. The lowest BCUT2D eigenvalue weighted by Crippen LogP contribution is -2.42. The Kier molecular flexibility index (Phi) is 3.41. The van der Waals surface area contributed by atoms with Crippen LogP contribution in [0.1, 0.15) is 19.3 Å². The molecule has 0 bridgehead atoms. The van der Waals surface area contributed by atoms with Gasteiger partial charge in [0.2, 0.25) is 5.82 Å². The maximum Gasteiger partial charge on any atom is 0.346 e. The van der Waals surface area contributed by atoms with Gasteiger partial charge in [-0.15, -0.1) is 5.10 Å². The molecule has 0 radical (unpaired) electrons. The van der Waals surface area contributed by atoms with E-state index in [4.69, 9.17) is 5.11 Å². The number of carboxylic acids is 1. The van der Waals surface area contributed by atoms with Crippen molar-refractivity contribution in [2.45, 2.75) is 25.3 Å². The fraction of sp³-hybridized carbons (Fsp3) is 0.636. The second-order valence-corrected chi connectivity index (χ2v) is 4.75. The van der Waals surface area contributed by atoms with Gasteiger partial charge >= 0.3 is 11.7 Å². The van der Waals surface area contributed by atoms with Crippen molar-refractivity contribution in [3.05, 3.63) is 20.8 Å². The molecule has 2 atom stereocenters. The Morgan fingerprint density at radius 2 is 2.05 bits per heavy atom. The number of hydrogen-bond acceptors (Lipinski definition) is 5. The third-order valence-corrected chi connectivity index (χ3v) is 3.48. The minimum absolute atomic E-state index is 0.0164. The van der Waals surface area contributed by atoms with Crippen LogP contribution in [0, 0.1) is 5.92 Å². The summed E-state index contributed by atoms with van der Waals surface area (Å²) in [6.07, 6.45) is 2.05. The second kappa shape index (κ2) is 4.87. The monoisotopic (exact) mass is 268 g/mol. The fourth-order valence-electron chi connectivity index (χ4n) is 2.39. The van der Waals surface area contributed by atoms with Crippen LogP contribution in [0.2, 0.25) is 0 Å². The first-order chi connectivity index (χ1) is 8.91. The summed E-state index contributed by atoms with van der Waals surface area (Å²) in [6.45, 7) is 0. The zero-order chi connectivity index (χ0) is 14.2. The van der Waals surface area contributed by atoms with Crippen LogP contribution in [0.4, 0.5) is 5.82 Å². The number of nitrogens with zero attached hydrogens (tertiary/aromatic N) is 3. The smallest absolute Gasteiger partial charge is 0.346 e. The first-order valence-corrected chi connectivity index (χ1v) is 6.05. The first kappa shape index (κ1) is 13.3. The average Bonchev–Trinajstić information content (AvgIpc) is 2.81. The number of aliphatic carboxylic acids is 1. The molecule has 8 heteroatoms. The molecule has 0 aromatic carbocycles. The van der Waals surface area contributed by atoms with Crippen molar-refractivity contribution in [3.63, 3.8) is 0 Å². The van der Waals surface area contributed by atoms with Crippen molar-refractivity contribution >= 4 is 11.8 Å². The lowest BCUT2D eigenvalue weighted by atomic mass is 10.0. The van der Waals surface area contributed by atoms with Crippen LogP contribution in [0.25, 0.3) is 0 Å². The number of carboxylic acid groups (broad SMARTS) is 1. The quantitative estimate of drug-likeness (QED) is 0.739. The Bertz CT molecular complexity index is 618. The molecule has 2 N–H and O–H groups in total. The van der Waals surface area contributed by atoms with E-state index in [9.17, 15) is 14.4 Å². The topological polar surface area (TPSA) is 106 Å². The molecule has 1 aromatic heterocycles. The highest BCUT2D eigenvalue weighted by Crippen LogP contribution is 2.27. The number of rotatable bonds is 3. The minimum Gasteiger partial charge on any atom is -0.481 e. The molecule has 0 saturated heterocycles. The van der Waals surface area contributed by atoms with Crippen molar-refractivity contribution in [1.82, 2.24) is 14.3 Å². The van der Waals surface area contributed by atoms with Gasteiger partial charge in [-0.05, 0) is 12.8 Å². The normalized spacial score (nSPS) is 22.4. The SMILES string of the molecule is Cn1nc(NC2CCCC2C(=O)O)c(=O)n(C)c1=O. The van der Waals surface area contributed by atoms with E-state index in [0.29, 0.717) is 12.8 Å². The highest BCUT2D eigenvalue weighted by molar-refractivity contribution is 5.72. The van der Waals surface area contributed by atoms with E-state index in [1.165, 1.54) is 14.1 Å². The molecule has 8 nitrogen and oxygen atoms in total. The van der Waals surface area contributed by atoms with Gasteiger partial charge in [-0.3, -0.25) is 14.2 Å². The van der Waals surface area contributed by atoms with Crippen LogP contribution < -0.4 is 16.6 Å². The molecule has 104 valence electrons. The van der Waals surface area contributed by atoms with Crippen molar-refractivity contribution in [2.75, 3.05) is 5.32 Å². The van der Waals surface area contributed by atoms with Crippen LogP contribution >= 0.6 is 0 Å². The van der Waals surface area contributed by atoms with Gasteiger partial charge in [-0.25, -0.2) is 9.48 Å². The van der Waals surface area contributed by atoms with Gasteiger partial charge in [0.25, 0.3) is 5.56 Å². The highest BCUT2D eigenvalue weighted by atomic mass is 16.4. The van der Waals surface area contributed by atoms with Crippen molar-refractivity contribution < 1.29 is 9.90 Å². The molecule has 1 fully saturated rings. The van der Waals surface area contributed by atoms with Crippen LogP contribution in [0.5, 0.6) is 0 Å². The molecular weight excluding hydrogens is 252 g/mol. The Morgan fingerprint density at radius 1 is 1.37 bits per heavy atom. The molecule has 0 aliphatic heterocycles. The number of nitrogens with one attached hydrogen (secondary N) is 1. The van der Waals surface area contributed by atoms with E-state index < -0.39 is 23.1 Å². The highest BCUT2D eigenvalue weighted by Gasteiger charge is 2.33. The maximum absolute atomic E-state index is 11.9. The fourth-order valence-corrected chi connectivity index (χ4v) is 2.39. The van der Waals surface area contributed by atoms with E-state index in [1.807, 2.05) is 0 Å². The molecule has 1 aromatic rings. The number of aryl methyl sites for hydroxylation is 1. The Morgan fingerprint density at radius 3 is 2.68 bits per heavy atom. The summed E-state index contributed by atoms with van der Waals surface area (Å²) < 4.78 is 1.99. The average molecular weight is 268 g/mol. The predicted octanol–water partition coefficient (Wildman–Crippen LogP) is -0.856. The van der Waals surface area contributed by atoms with Crippen LogP contribution in [0.15, 0.2) is 9.59 Å². The zero-order valence-electron chi connectivity index (χ0n) is 10.8. The third kappa shape index (κ3) is 2.38. The van der Waals surface area contributed by atoms with Gasteiger partial charge in [-0.1, -0.05) is 6.42 Å². The minimum atomic E-state index is -0.878. The summed E-state index contributed by atoms with van der Waals surface area (Å²) in [7, 11) is 2.80. The van der Waals surface area contributed by atoms with Gasteiger partial charge in [0, 0.05) is 20.1 Å². The molecular formula is C11H16N4O4. The zero-order valence-corrected chi connectivity index (χ0v) is 10.8. The van der Waals surface area contributed by atoms with Crippen molar-refractivity contribution in [1.29, 1.82) is 0 Å². The summed E-state index contributed by atoms with van der Waals surface area (Å²) in [5, 5.41) is 15.8. The van der Waals surface area contributed by atoms with Gasteiger partial charge in [0.1, 0.15) is 0 Å². The summed E-state index contributed by atoms with van der Waals surface area (Å²) in [6, 6.07) is -0.324. The second-order valence-electron chi connectivity index (χ2n) is 4.75. The van der Waals surface area contributed by atoms with Gasteiger partial charge in [0.15, 0.2) is 0 Å². The number of aromatic nitrogens is 3. The number of carbonyl (C=O) groups is 1. The molecule has 0 amide bonds. The third-order valence-electron chi connectivity index (χ3n) is 3.48. The van der Waals surface area contributed by atoms with E-state index in [0.717, 1.165) is 15.7 Å². The van der Waals surface area contributed by atoms with Crippen LogP contribution in [-0.4, -0.2) is 31.5 Å². The maximum atomic E-state index is 11.9. The standard InChI is InChI=1S/C11H16N4O4/c1-14-9(16)8(13-15(2)11(14)19)12-7-5-3-4-6(7)10(17)18/h6-7H,3-5H2,1-2H3,(H,12,13)(H,17,18).